The van der Waals surface area contributed by atoms with Gasteiger partial charge in [0.15, 0.2) is 5.76 Å². The lowest BCUT2D eigenvalue weighted by Crippen LogP contribution is -2.13. The highest BCUT2D eigenvalue weighted by molar-refractivity contribution is 6.03. The van der Waals surface area contributed by atoms with E-state index >= 15 is 0 Å². The zero-order valence-corrected chi connectivity index (χ0v) is 15.1. The van der Waals surface area contributed by atoms with Crippen molar-refractivity contribution < 1.29 is 14.1 Å². The fourth-order valence-electron chi connectivity index (χ4n) is 2.89. The molecule has 6 nitrogen and oxygen atoms in total. The van der Waals surface area contributed by atoms with Crippen molar-refractivity contribution in [2.24, 2.45) is 0 Å². The molecule has 1 atom stereocenters. The van der Waals surface area contributed by atoms with Crippen LogP contribution in [0.2, 0.25) is 0 Å². The average Bonchev–Trinajstić information content (AvgIpc) is 3.18. The molecule has 0 saturated carbocycles. The number of carbonyl (C=O) groups excluding carboxylic acids is 1. The highest BCUT2D eigenvalue weighted by atomic mass is 16.6. The Morgan fingerprint density at radius 2 is 1.81 bits per heavy atom. The first-order chi connectivity index (χ1) is 13.0. The van der Waals surface area contributed by atoms with Gasteiger partial charge in [-0.2, -0.15) is 0 Å². The van der Waals surface area contributed by atoms with E-state index in [4.69, 9.17) is 4.42 Å². The summed E-state index contributed by atoms with van der Waals surface area (Å²) >= 11 is 0. The van der Waals surface area contributed by atoms with Gasteiger partial charge in [-0.3, -0.25) is 14.9 Å². The van der Waals surface area contributed by atoms with Gasteiger partial charge in [-0.25, -0.2) is 0 Å². The molecule has 0 aliphatic carbocycles. The summed E-state index contributed by atoms with van der Waals surface area (Å²) in [7, 11) is 0. The molecule has 0 bridgehead atoms. The SMILES string of the molecule is CC[C@H](C)c1ccccc1NC(=O)c1ccc(-c2ccccc2[N+](=O)[O-])o1. The van der Waals surface area contributed by atoms with E-state index in [0.717, 1.165) is 17.7 Å². The molecule has 0 saturated heterocycles. The van der Waals surface area contributed by atoms with Gasteiger partial charge in [0.2, 0.25) is 0 Å². The number of benzene rings is 2. The number of hydrogen-bond acceptors (Lipinski definition) is 4. The van der Waals surface area contributed by atoms with Crippen molar-refractivity contribution in [2.45, 2.75) is 26.2 Å². The molecule has 6 heteroatoms. The Labute approximate surface area is 157 Å². The standard InChI is InChI=1S/C21H20N2O4/c1-3-14(2)15-8-4-6-10-17(15)22-21(24)20-13-12-19(27-20)16-9-5-7-11-18(16)23(25)26/h4-14H,3H2,1-2H3,(H,22,24)/t14-/m0/s1. The number of para-hydroxylation sites is 2. The number of anilines is 1. The first-order valence-corrected chi connectivity index (χ1v) is 8.75. The quantitative estimate of drug-likeness (QED) is 0.454. The Bertz CT molecular complexity index is 978. The molecule has 138 valence electrons. The predicted octanol–water partition coefficient (Wildman–Crippen LogP) is 5.62. The van der Waals surface area contributed by atoms with Crippen molar-refractivity contribution in [2.75, 3.05) is 5.32 Å². The zero-order chi connectivity index (χ0) is 19.4. The lowest BCUT2D eigenvalue weighted by Gasteiger charge is -2.15. The summed E-state index contributed by atoms with van der Waals surface area (Å²) in [5, 5.41) is 14.1. The Morgan fingerprint density at radius 3 is 2.56 bits per heavy atom. The van der Waals surface area contributed by atoms with E-state index in [1.807, 2.05) is 24.3 Å². The Hall–Kier alpha value is -3.41. The molecule has 0 aliphatic heterocycles. The van der Waals surface area contributed by atoms with E-state index in [1.54, 1.807) is 24.3 Å². The third-order valence-corrected chi connectivity index (χ3v) is 4.55. The van der Waals surface area contributed by atoms with Gasteiger partial charge in [0, 0.05) is 11.8 Å². The number of carbonyl (C=O) groups is 1. The van der Waals surface area contributed by atoms with Crippen LogP contribution in [0.25, 0.3) is 11.3 Å². The number of nitro benzene ring substituents is 1. The third kappa shape index (κ3) is 3.89. The van der Waals surface area contributed by atoms with Gasteiger partial charge < -0.3 is 9.73 Å². The van der Waals surface area contributed by atoms with E-state index < -0.39 is 10.8 Å². The van der Waals surface area contributed by atoms with Crippen LogP contribution in [0.3, 0.4) is 0 Å². The summed E-state index contributed by atoms with van der Waals surface area (Å²) in [6.07, 6.45) is 0.954. The summed E-state index contributed by atoms with van der Waals surface area (Å²) in [4.78, 5) is 23.3. The van der Waals surface area contributed by atoms with Crippen molar-refractivity contribution >= 4 is 17.3 Å². The maximum absolute atomic E-state index is 12.6. The molecular formula is C21H20N2O4. The second-order valence-electron chi connectivity index (χ2n) is 6.29. The zero-order valence-electron chi connectivity index (χ0n) is 15.1. The smallest absolute Gasteiger partial charge is 0.291 e. The van der Waals surface area contributed by atoms with Crippen LogP contribution < -0.4 is 5.32 Å². The molecule has 27 heavy (non-hydrogen) atoms. The second-order valence-corrected chi connectivity index (χ2v) is 6.29. The monoisotopic (exact) mass is 364 g/mol. The largest absolute Gasteiger partial charge is 0.451 e. The summed E-state index contributed by atoms with van der Waals surface area (Å²) in [5.74, 6) is 0.293. The minimum Gasteiger partial charge on any atom is -0.451 e. The van der Waals surface area contributed by atoms with Crippen molar-refractivity contribution in [3.63, 3.8) is 0 Å². The highest BCUT2D eigenvalue weighted by Crippen LogP contribution is 2.31. The number of hydrogen-bond donors (Lipinski definition) is 1. The van der Waals surface area contributed by atoms with Gasteiger partial charge in [0.25, 0.3) is 11.6 Å². The van der Waals surface area contributed by atoms with Gasteiger partial charge in [-0.1, -0.05) is 44.2 Å². The molecular weight excluding hydrogens is 344 g/mol. The fourth-order valence-corrected chi connectivity index (χ4v) is 2.89. The van der Waals surface area contributed by atoms with Gasteiger partial charge in [-0.05, 0) is 42.2 Å². The van der Waals surface area contributed by atoms with Crippen LogP contribution in [0, 0.1) is 10.1 Å². The predicted molar refractivity (Wildman–Crippen MR) is 104 cm³/mol. The van der Waals surface area contributed by atoms with E-state index in [0.29, 0.717) is 11.5 Å². The summed E-state index contributed by atoms with van der Waals surface area (Å²) in [6, 6.07) is 17.0. The van der Waals surface area contributed by atoms with E-state index in [1.165, 1.54) is 12.1 Å². The van der Waals surface area contributed by atoms with Crippen LogP contribution in [-0.4, -0.2) is 10.8 Å². The minimum absolute atomic E-state index is 0.0686. The number of nitro groups is 1. The minimum atomic E-state index is -0.472. The maximum Gasteiger partial charge on any atom is 0.291 e. The fraction of sp³-hybridized carbons (Fsp3) is 0.190. The van der Waals surface area contributed by atoms with Crippen molar-refractivity contribution in [1.29, 1.82) is 0 Å². The molecule has 1 heterocycles. The summed E-state index contributed by atoms with van der Waals surface area (Å²) in [6.45, 7) is 4.19. The number of rotatable bonds is 6. The van der Waals surface area contributed by atoms with Crippen LogP contribution in [0.5, 0.6) is 0 Å². The second kappa shape index (κ2) is 7.86. The highest BCUT2D eigenvalue weighted by Gasteiger charge is 2.20. The molecule has 1 amide bonds. The molecule has 2 aromatic carbocycles. The normalized spacial score (nSPS) is 11.8. The summed E-state index contributed by atoms with van der Waals surface area (Å²) < 4.78 is 5.60. The number of nitrogens with zero attached hydrogens (tertiary/aromatic N) is 1. The van der Waals surface area contributed by atoms with Crippen LogP contribution >= 0.6 is 0 Å². The third-order valence-electron chi connectivity index (χ3n) is 4.55. The molecule has 0 spiro atoms. The van der Waals surface area contributed by atoms with Gasteiger partial charge in [0.1, 0.15) is 5.76 Å². The number of nitrogens with one attached hydrogen (secondary N) is 1. The molecule has 1 N–H and O–H groups in total. The maximum atomic E-state index is 12.6. The van der Waals surface area contributed by atoms with Crippen LogP contribution in [0.1, 0.15) is 42.3 Å². The molecule has 3 rings (SSSR count). The van der Waals surface area contributed by atoms with Crippen molar-refractivity contribution in [3.05, 3.63) is 82.1 Å². The Balaban J connectivity index is 1.86. The molecule has 0 fully saturated rings. The first-order valence-electron chi connectivity index (χ1n) is 8.75. The van der Waals surface area contributed by atoms with Crippen LogP contribution in [-0.2, 0) is 0 Å². The first kappa shape index (κ1) is 18.4. The lowest BCUT2D eigenvalue weighted by molar-refractivity contribution is -0.384. The number of amides is 1. The number of furan rings is 1. The molecule has 0 unspecified atom stereocenters. The van der Waals surface area contributed by atoms with Gasteiger partial charge in [-0.15, -0.1) is 0 Å². The van der Waals surface area contributed by atoms with Crippen molar-refractivity contribution in [3.8, 4) is 11.3 Å². The molecule has 3 aromatic rings. The average molecular weight is 364 g/mol. The molecule has 0 radical (unpaired) electrons. The Morgan fingerprint density at radius 1 is 1.11 bits per heavy atom. The lowest BCUT2D eigenvalue weighted by atomic mass is 9.97. The molecule has 0 aliphatic rings. The van der Waals surface area contributed by atoms with Gasteiger partial charge >= 0.3 is 0 Å². The Kier molecular flexibility index (Phi) is 5.35. The topological polar surface area (TPSA) is 85.4 Å². The molecule has 1 aromatic heterocycles. The van der Waals surface area contributed by atoms with E-state index in [-0.39, 0.29) is 17.2 Å². The van der Waals surface area contributed by atoms with Gasteiger partial charge in [0.05, 0.1) is 10.5 Å². The van der Waals surface area contributed by atoms with Crippen LogP contribution in [0.4, 0.5) is 11.4 Å². The van der Waals surface area contributed by atoms with E-state index in [9.17, 15) is 14.9 Å². The summed E-state index contributed by atoms with van der Waals surface area (Å²) in [5.41, 5.74) is 2.06. The van der Waals surface area contributed by atoms with E-state index in [2.05, 4.69) is 19.2 Å². The van der Waals surface area contributed by atoms with Crippen LogP contribution in [0.15, 0.2) is 65.1 Å². The van der Waals surface area contributed by atoms with Crippen molar-refractivity contribution in [1.82, 2.24) is 0 Å².